The van der Waals surface area contributed by atoms with Crippen molar-refractivity contribution in [3.05, 3.63) is 0 Å². The zero-order valence-corrected chi connectivity index (χ0v) is 3.77. The normalized spacial score (nSPS) is 8.17. The second kappa shape index (κ2) is 2.69. The summed E-state index contributed by atoms with van der Waals surface area (Å²) in [5.41, 5.74) is 0. The third kappa shape index (κ3) is 3.47. The van der Waals surface area contributed by atoms with Crippen LogP contribution in [0.1, 0.15) is 19.8 Å². The lowest BCUT2D eigenvalue weighted by Crippen LogP contribution is -1.90. The van der Waals surface area contributed by atoms with E-state index < -0.39 is 5.97 Å². The Morgan fingerprint density at radius 3 is 2.33 bits per heavy atom. The van der Waals surface area contributed by atoms with Crippen LogP contribution in [0.3, 0.4) is 0 Å². The van der Waals surface area contributed by atoms with Crippen LogP contribution in [0.4, 0.5) is 0 Å². The first-order chi connectivity index (χ1) is 2.77. The van der Waals surface area contributed by atoms with Crippen LogP contribution in [0, 0.1) is 0 Å². The third-order valence-corrected chi connectivity index (χ3v) is 0.464. The van der Waals surface area contributed by atoms with Gasteiger partial charge in [-0.3, -0.25) is 4.79 Å². The van der Waals surface area contributed by atoms with Crippen molar-refractivity contribution in [3.63, 3.8) is 0 Å². The smallest absolute Gasteiger partial charge is 0.303 e. The van der Waals surface area contributed by atoms with E-state index in [2.05, 4.69) is 0 Å². The fraction of sp³-hybridized carbons (Fsp3) is 0.750. The van der Waals surface area contributed by atoms with E-state index in [0.29, 0.717) is 6.42 Å². The molecule has 0 spiro atoms. The van der Waals surface area contributed by atoms with E-state index in [0.717, 1.165) is 6.42 Å². The minimum Gasteiger partial charge on any atom is -0.481 e. The first-order valence-electron chi connectivity index (χ1n) is 1.99. The second-order valence-corrected chi connectivity index (χ2v) is 1.14. The molecule has 0 radical (unpaired) electrons. The quantitative estimate of drug-likeness (QED) is 0.551. The Bertz CT molecular complexity index is 49.5. The standard InChI is InChI=1S/C4H8O2/c1-2-3-4(5)6/h2-3H2,1H3,(H,5,6)/i5+6. The number of hydrogen-bond acceptors (Lipinski definition) is 1. The molecule has 1 N–H and O–H groups in total. The zero-order chi connectivity index (χ0) is 4.99. The summed E-state index contributed by atoms with van der Waals surface area (Å²) < 4.78 is 0. The molecule has 0 atom stereocenters. The summed E-state index contributed by atoms with van der Waals surface area (Å²) in [7, 11) is 0. The third-order valence-electron chi connectivity index (χ3n) is 0.464. The van der Waals surface area contributed by atoms with Crippen LogP contribution in [-0.2, 0) is 4.79 Å². The van der Waals surface area contributed by atoms with E-state index in [-0.39, 0.29) is 0 Å². The summed E-state index contributed by atoms with van der Waals surface area (Å²) >= 11 is 0. The summed E-state index contributed by atoms with van der Waals surface area (Å²) in [6, 6.07) is 0. The maximum atomic E-state index is 9.60. The van der Waals surface area contributed by atoms with Crippen LogP contribution >= 0.6 is 0 Å². The molecular weight excluding hydrogens is 86.1 g/mol. The van der Waals surface area contributed by atoms with Gasteiger partial charge in [0, 0.05) is 6.42 Å². The van der Waals surface area contributed by atoms with E-state index in [1.165, 1.54) is 0 Å². The van der Waals surface area contributed by atoms with Gasteiger partial charge in [-0.2, -0.15) is 0 Å². The van der Waals surface area contributed by atoms with Crippen LogP contribution in [-0.4, -0.2) is 11.1 Å². The van der Waals surface area contributed by atoms with Crippen molar-refractivity contribution in [1.82, 2.24) is 0 Å². The van der Waals surface area contributed by atoms with Gasteiger partial charge in [-0.1, -0.05) is 6.92 Å². The van der Waals surface area contributed by atoms with Crippen molar-refractivity contribution in [1.29, 1.82) is 0 Å². The fourth-order valence-corrected chi connectivity index (χ4v) is 0.214. The molecule has 0 aromatic heterocycles. The van der Waals surface area contributed by atoms with Gasteiger partial charge in [-0.25, -0.2) is 0 Å². The number of carboxylic acid groups (broad SMARTS) is 1. The second-order valence-electron chi connectivity index (χ2n) is 1.14. The minimum atomic E-state index is -0.711. The molecule has 2 nitrogen and oxygen atoms in total. The number of hydrogen-bond donors (Lipinski definition) is 1. The number of aliphatic carboxylic acids is 1. The summed E-state index contributed by atoms with van der Waals surface area (Å²) in [5.74, 6) is -0.711. The highest BCUT2D eigenvalue weighted by Gasteiger charge is 1.87. The van der Waals surface area contributed by atoms with Gasteiger partial charge in [0.1, 0.15) is 0 Å². The zero-order valence-electron chi connectivity index (χ0n) is 3.77. The van der Waals surface area contributed by atoms with E-state index in [4.69, 9.17) is 5.11 Å². The van der Waals surface area contributed by atoms with Crippen molar-refractivity contribution in [2.75, 3.05) is 0 Å². The molecular formula is C4H8O2. The van der Waals surface area contributed by atoms with Crippen molar-refractivity contribution < 1.29 is 9.90 Å². The Balaban J connectivity index is 2.83. The molecule has 0 heterocycles. The van der Waals surface area contributed by atoms with Crippen molar-refractivity contribution in [3.8, 4) is 0 Å². The van der Waals surface area contributed by atoms with E-state index in [1.54, 1.807) is 0 Å². The van der Waals surface area contributed by atoms with Crippen molar-refractivity contribution >= 4 is 5.97 Å². The van der Waals surface area contributed by atoms with Crippen LogP contribution < -0.4 is 0 Å². The van der Waals surface area contributed by atoms with Gasteiger partial charge in [-0.15, -0.1) is 0 Å². The highest BCUT2D eigenvalue weighted by atomic mass is 22.1. The maximum absolute atomic E-state index is 9.60. The van der Waals surface area contributed by atoms with E-state index in [1.807, 2.05) is 6.92 Å². The summed E-state index contributed by atoms with van der Waals surface area (Å²) in [5, 5.41) is 7.91. The lowest BCUT2D eigenvalue weighted by atomic mass is 10.4. The molecule has 0 fully saturated rings. The molecule has 0 aliphatic heterocycles. The monoisotopic (exact) mass is 94.1 g/mol. The van der Waals surface area contributed by atoms with Gasteiger partial charge >= 0.3 is 5.97 Å². The molecule has 0 amide bonds. The van der Waals surface area contributed by atoms with Gasteiger partial charge in [0.25, 0.3) is 0 Å². The van der Waals surface area contributed by atoms with Crippen LogP contribution in [0.5, 0.6) is 0 Å². The summed E-state index contributed by atoms with van der Waals surface area (Å²) in [4.78, 5) is 9.60. The van der Waals surface area contributed by atoms with Gasteiger partial charge in [0.05, 0.1) is 0 Å². The predicted octanol–water partition coefficient (Wildman–Crippen LogP) is 0.871. The van der Waals surface area contributed by atoms with Gasteiger partial charge in [0.15, 0.2) is 0 Å². The highest BCUT2D eigenvalue weighted by molar-refractivity contribution is 5.66. The molecule has 0 aromatic rings. The lowest BCUT2D eigenvalue weighted by Gasteiger charge is -1.79. The Kier molecular flexibility index (Phi) is 2.46. The molecule has 0 aliphatic rings. The molecule has 0 bridgehead atoms. The number of carboxylic acids is 1. The molecule has 0 saturated carbocycles. The molecule has 36 valence electrons. The van der Waals surface area contributed by atoms with Crippen molar-refractivity contribution in [2.45, 2.75) is 19.8 Å². The summed E-state index contributed by atoms with van der Waals surface area (Å²) in [6.07, 6.45) is 1.02. The first kappa shape index (κ1) is 5.47. The summed E-state index contributed by atoms with van der Waals surface area (Å²) in [6.45, 7) is 1.84. The average molecular weight is 94.1 g/mol. The fourth-order valence-electron chi connectivity index (χ4n) is 0.214. The molecule has 0 aliphatic carbocycles. The largest absolute Gasteiger partial charge is 0.481 e. The molecule has 0 saturated heterocycles. The van der Waals surface area contributed by atoms with Crippen molar-refractivity contribution in [2.24, 2.45) is 0 Å². The maximum Gasteiger partial charge on any atom is 0.303 e. The SMILES string of the molecule is CCCC(=O)[22OH]. The molecule has 0 unspecified atom stereocenters. The van der Waals surface area contributed by atoms with Crippen LogP contribution in [0.15, 0.2) is 0 Å². The Hall–Kier alpha value is -0.530. The Morgan fingerprint density at radius 1 is 1.83 bits per heavy atom. The molecule has 0 rings (SSSR count). The number of carbonyl (C=O) groups is 1. The Labute approximate surface area is 36.8 Å². The lowest BCUT2D eigenvalue weighted by molar-refractivity contribution is -0.137. The van der Waals surface area contributed by atoms with Crippen LogP contribution in [0.25, 0.3) is 0 Å². The predicted molar refractivity (Wildman–Crippen MR) is 22.5 cm³/mol. The van der Waals surface area contributed by atoms with Gasteiger partial charge in [-0.05, 0) is 6.42 Å². The molecule has 2 heteroatoms. The first-order valence-corrected chi connectivity index (χ1v) is 1.99. The Morgan fingerprint density at radius 2 is 2.33 bits per heavy atom. The molecule has 0 aromatic carbocycles. The average Bonchev–Trinajstić information content (AvgIpc) is 1.35. The van der Waals surface area contributed by atoms with Crippen LogP contribution in [0.2, 0.25) is 0 Å². The minimum absolute atomic E-state index is 0.292. The topological polar surface area (TPSA) is 37.3 Å². The van der Waals surface area contributed by atoms with Gasteiger partial charge < -0.3 is 5.11 Å². The number of rotatable bonds is 2. The van der Waals surface area contributed by atoms with Gasteiger partial charge in [0.2, 0.25) is 0 Å². The van der Waals surface area contributed by atoms with E-state index >= 15 is 0 Å². The highest BCUT2D eigenvalue weighted by Crippen LogP contribution is 1.82. The molecule has 6 heavy (non-hydrogen) atoms. The van der Waals surface area contributed by atoms with E-state index in [9.17, 15) is 4.79 Å².